The molecule has 1 aromatic rings. The van der Waals surface area contributed by atoms with Gasteiger partial charge in [0.2, 0.25) is 0 Å². The molecule has 2 aliphatic heterocycles. The Hall–Kier alpha value is -3.13. The van der Waals surface area contributed by atoms with E-state index in [1.165, 1.54) is 14.2 Å². The Bertz CT molecular complexity index is 1160. The maximum absolute atomic E-state index is 13.7. The molecule has 1 aromatic carbocycles. The number of carbonyl (C=O) groups is 2. The van der Waals surface area contributed by atoms with Crippen LogP contribution in [0.2, 0.25) is 5.02 Å². The van der Waals surface area contributed by atoms with Crippen LogP contribution in [0.15, 0.2) is 47.1 Å². The van der Waals surface area contributed by atoms with Gasteiger partial charge in [-0.3, -0.25) is 14.5 Å². The van der Waals surface area contributed by atoms with E-state index in [4.69, 9.17) is 30.5 Å². The monoisotopic (exact) mass is 503 g/mol. The first-order valence-electron chi connectivity index (χ1n) is 11.4. The summed E-state index contributed by atoms with van der Waals surface area (Å²) in [6.07, 6.45) is 1.99. The number of benzene rings is 1. The zero-order valence-electron chi connectivity index (χ0n) is 20.7. The number of carboxylic acids is 1. The third kappa shape index (κ3) is 4.24. The highest BCUT2D eigenvalue weighted by atomic mass is 35.5. The SMILES string of the molecule is COc1ccc([C@@H]2C=C(C)C3=COC[C@@H](C(C)(C)C)N4C(=O)[C@@H](CC(=O)O)OC2=C34)c(Cl)c1OC. The molecule has 0 spiro atoms. The van der Waals surface area contributed by atoms with Crippen LogP contribution in [0.5, 0.6) is 11.5 Å². The highest BCUT2D eigenvalue weighted by molar-refractivity contribution is 6.33. The fraction of sp³-hybridized carbons (Fsp3) is 0.462. The highest BCUT2D eigenvalue weighted by Gasteiger charge is 2.49. The Morgan fingerprint density at radius 1 is 1.26 bits per heavy atom. The van der Waals surface area contributed by atoms with E-state index in [9.17, 15) is 14.7 Å². The number of aliphatic carboxylic acids is 1. The minimum absolute atomic E-state index is 0.268. The van der Waals surface area contributed by atoms with Crippen molar-refractivity contribution in [3.8, 4) is 11.5 Å². The summed E-state index contributed by atoms with van der Waals surface area (Å²) in [6, 6.07) is 3.24. The summed E-state index contributed by atoms with van der Waals surface area (Å²) in [5, 5.41) is 9.86. The summed E-state index contributed by atoms with van der Waals surface area (Å²) in [5.74, 6) is -0.676. The van der Waals surface area contributed by atoms with Gasteiger partial charge >= 0.3 is 5.97 Å². The molecular weight excluding hydrogens is 474 g/mol. The molecule has 188 valence electrons. The minimum atomic E-state index is -1.18. The third-order valence-corrected chi connectivity index (χ3v) is 7.00. The molecule has 9 heteroatoms. The van der Waals surface area contributed by atoms with Gasteiger partial charge in [-0.15, -0.1) is 0 Å². The van der Waals surface area contributed by atoms with Crippen LogP contribution in [0.3, 0.4) is 0 Å². The first-order chi connectivity index (χ1) is 16.5. The number of ether oxygens (including phenoxy) is 4. The molecule has 8 nitrogen and oxygen atoms in total. The van der Waals surface area contributed by atoms with Crippen molar-refractivity contribution < 1.29 is 33.6 Å². The Kier molecular flexibility index (Phi) is 6.53. The lowest BCUT2D eigenvalue weighted by Crippen LogP contribution is -2.55. The largest absolute Gasteiger partial charge is 0.498 e. The molecule has 1 amide bonds. The fourth-order valence-corrected chi connectivity index (χ4v) is 5.14. The second-order valence-corrected chi connectivity index (χ2v) is 10.3. The van der Waals surface area contributed by atoms with Gasteiger partial charge in [-0.2, -0.15) is 0 Å². The Labute approximate surface area is 209 Å². The second-order valence-electron chi connectivity index (χ2n) is 9.90. The Morgan fingerprint density at radius 2 is 1.97 bits per heavy atom. The number of amides is 1. The number of methoxy groups -OCH3 is 2. The van der Waals surface area contributed by atoms with Gasteiger partial charge in [-0.05, 0) is 29.5 Å². The van der Waals surface area contributed by atoms with Crippen LogP contribution in [-0.4, -0.2) is 54.9 Å². The quantitative estimate of drug-likeness (QED) is 0.625. The van der Waals surface area contributed by atoms with E-state index in [-0.39, 0.29) is 18.1 Å². The van der Waals surface area contributed by atoms with Crippen molar-refractivity contribution in [1.82, 2.24) is 4.90 Å². The molecule has 1 aliphatic carbocycles. The van der Waals surface area contributed by atoms with Crippen molar-refractivity contribution in [3.63, 3.8) is 0 Å². The average Bonchev–Trinajstić information content (AvgIpc) is 2.99. The maximum Gasteiger partial charge on any atom is 0.307 e. The van der Waals surface area contributed by atoms with Crippen molar-refractivity contribution in [3.05, 3.63) is 57.7 Å². The maximum atomic E-state index is 13.7. The van der Waals surface area contributed by atoms with Gasteiger partial charge in [0.25, 0.3) is 5.91 Å². The van der Waals surface area contributed by atoms with Crippen molar-refractivity contribution in [2.24, 2.45) is 5.41 Å². The molecule has 0 unspecified atom stereocenters. The average molecular weight is 504 g/mol. The smallest absolute Gasteiger partial charge is 0.307 e. The summed E-state index contributed by atoms with van der Waals surface area (Å²) >= 11 is 6.78. The van der Waals surface area contributed by atoms with Gasteiger partial charge in [-0.1, -0.05) is 44.5 Å². The standard InChI is InChI=1S/C26H30ClNO7/c1-13-9-15(14-7-8-17(32-5)24(33-6)21(14)27)23-22-16(13)11-34-12-19(26(2,3)4)28(22)25(31)18(35-23)10-20(29)30/h7-9,11,15,18-19H,10,12H2,1-6H3,(H,29,30)/t15-,18+,19-/m0/s1. The molecule has 3 atom stereocenters. The van der Waals surface area contributed by atoms with E-state index < -0.39 is 30.3 Å². The number of carboxylic acid groups (broad SMARTS) is 1. The Morgan fingerprint density at radius 3 is 2.57 bits per heavy atom. The molecule has 2 heterocycles. The summed E-state index contributed by atoms with van der Waals surface area (Å²) in [7, 11) is 3.04. The Balaban J connectivity index is 1.97. The molecule has 0 saturated carbocycles. The summed E-state index contributed by atoms with van der Waals surface area (Å²) < 4.78 is 23.0. The lowest BCUT2D eigenvalue weighted by molar-refractivity contribution is -0.155. The molecular formula is C26H30ClNO7. The van der Waals surface area contributed by atoms with Crippen LogP contribution in [-0.2, 0) is 19.1 Å². The number of allylic oxidation sites excluding steroid dienone is 2. The molecule has 0 aromatic heterocycles. The molecule has 0 bridgehead atoms. The van der Waals surface area contributed by atoms with Crippen LogP contribution in [0.1, 0.15) is 45.6 Å². The number of carbonyl (C=O) groups excluding carboxylic acids is 1. The van der Waals surface area contributed by atoms with Crippen LogP contribution in [0.25, 0.3) is 0 Å². The summed E-state index contributed by atoms with van der Waals surface area (Å²) in [6.45, 7) is 8.27. The number of rotatable bonds is 5. The molecule has 3 aliphatic rings. The van der Waals surface area contributed by atoms with Crippen LogP contribution < -0.4 is 9.47 Å². The van der Waals surface area contributed by atoms with Crippen LogP contribution in [0.4, 0.5) is 0 Å². The van der Waals surface area contributed by atoms with Crippen LogP contribution >= 0.6 is 11.6 Å². The summed E-state index contributed by atoms with van der Waals surface area (Å²) in [4.78, 5) is 27.0. The van der Waals surface area contributed by atoms with Gasteiger partial charge in [-0.25, -0.2) is 0 Å². The first-order valence-corrected chi connectivity index (χ1v) is 11.7. The van der Waals surface area contributed by atoms with Crippen molar-refractivity contribution in [2.75, 3.05) is 20.8 Å². The number of nitrogens with zero attached hydrogens (tertiary/aromatic N) is 1. The van der Waals surface area contributed by atoms with Crippen molar-refractivity contribution in [2.45, 2.75) is 52.2 Å². The molecule has 35 heavy (non-hydrogen) atoms. The predicted octanol–water partition coefficient (Wildman–Crippen LogP) is 4.64. The molecule has 1 N–H and O–H groups in total. The van der Waals surface area contributed by atoms with Crippen LogP contribution in [0, 0.1) is 5.41 Å². The topological polar surface area (TPSA) is 94.5 Å². The number of halogens is 1. The van der Waals surface area contributed by atoms with Crippen molar-refractivity contribution in [1.29, 1.82) is 0 Å². The fourth-order valence-electron chi connectivity index (χ4n) is 4.78. The van der Waals surface area contributed by atoms with Gasteiger partial charge in [0.15, 0.2) is 17.6 Å². The summed E-state index contributed by atoms with van der Waals surface area (Å²) in [5.41, 5.74) is 2.53. The van der Waals surface area contributed by atoms with Gasteiger partial charge < -0.3 is 24.1 Å². The van der Waals surface area contributed by atoms with E-state index >= 15 is 0 Å². The minimum Gasteiger partial charge on any atom is -0.498 e. The van der Waals surface area contributed by atoms with E-state index in [0.717, 1.165) is 11.1 Å². The van der Waals surface area contributed by atoms with Gasteiger partial charge in [0.1, 0.15) is 12.4 Å². The predicted molar refractivity (Wildman–Crippen MR) is 129 cm³/mol. The zero-order chi connectivity index (χ0) is 25.7. The van der Waals surface area contributed by atoms with E-state index in [1.807, 2.05) is 39.8 Å². The molecule has 0 fully saturated rings. The number of hydrogen-bond donors (Lipinski definition) is 1. The molecule has 0 radical (unpaired) electrons. The lowest BCUT2D eigenvalue weighted by Gasteiger charge is -2.46. The first kappa shape index (κ1) is 25.0. The van der Waals surface area contributed by atoms with Crippen molar-refractivity contribution >= 4 is 23.5 Å². The normalized spacial score (nSPS) is 23.9. The lowest BCUT2D eigenvalue weighted by atomic mass is 9.80. The van der Waals surface area contributed by atoms with E-state index in [2.05, 4.69) is 0 Å². The van der Waals surface area contributed by atoms with Gasteiger partial charge in [0.05, 0.1) is 49.6 Å². The zero-order valence-corrected chi connectivity index (χ0v) is 21.4. The third-order valence-electron chi connectivity index (χ3n) is 6.61. The van der Waals surface area contributed by atoms with E-state index in [1.54, 1.807) is 17.2 Å². The van der Waals surface area contributed by atoms with Gasteiger partial charge in [0, 0.05) is 5.57 Å². The number of hydrogen-bond acceptors (Lipinski definition) is 6. The molecule has 4 rings (SSSR count). The molecule has 0 saturated heterocycles. The second kappa shape index (κ2) is 9.15. The highest BCUT2D eigenvalue weighted by Crippen LogP contribution is 2.50. The van der Waals surface area contributed by atoms with E-state index in [0.29, 0.717) is 33.5 Å².